The molecule has 0 spiro atoms. The zero-order chi connectivity index (χ0) is 20.8. The number of nitrogens with zero attached hydrogens (tertiary/aromatic N) is 3. The SMILES string of the molecule is CC1CCN(Cc2csc(NC(=O)CNC(=O)c3cccc([N+](=O)[O-])c3)n2)CC1. The van der Waals surface area contributed by atoms with E-state index >= 15 is 0 Å². The van der Waals surface area contributed by atoms with Crippen LogP contribution in [0.3, 0.4) is 0 Å². The van der Waals surface area contributed by atoms with Crippen LogP contribution in [0.4, 0.5) is 10.8 Å². The third-order valence-electron chi connectivity index (χ3n) is 4.79. The molecule has 1 saturated heterocycles. The summed E-state index contributed by atoms with van der Waals surface area (Å²) in [6, 6.07) is 5.34. The standard InChI is InChI=1S/C19H23N5O4S/c1-13-5-7-23(8-6-13)11-15-12-29-19(21-15)22-17(25)10-20-18(26)14-3-2-4-16(9-14)24(27)28/h2-4,9,12-13H,5-8,10-11H2,1H3,(H,20,26)(H,21,22,25). The van der Waals surface area contributed by atoms with Gasteiger partial charge in [0.2, 0.25) is 5.91 Å². The average molecular weight is 417 g/mol. The van der Waals surface area contributed by atoms with Gasteiger partial charge in [-0.15, -0.1) is 11.3 Å². The molecule has 29 heavy (non-hydrogen) atoms. The number of nitro groups is 1. The van der Waals surface area contributed by atoms with Gasteiger partial charge in [0.15, 0.2) is 5.13 Å². The molecule has 0 bridgehead atoms. The number of rotatable bonds is 7. The molecule has 154 valence electrons. The number of carbonyl (C=O) groups excluding carboxylic acids is 2. The van der Waals surface area contributed by atoms with Crippen molar-refractivity contribution in [2.75, 3.05) is 25.0 Å². The monoisotopic (exact) mass is 417 g/mol. The zero-order valence-electron chi connectivity index (χ0n) is 16.1. The largest absolute Gasteiger partial charge is 0.343 e. The second-order valence-electron chi connectivity index (χ2n) is 7.14. The van der Waals surface area contributed by atoms with Gasteiger partial charge in [-0.05, 0) is 37.9 Å². The molecule has 2 heterocycles. The van der Waals surface area contributed by atoms with Crippen molar-refractivity contribution in [1.29, 1.82) is 0 Å². The quantitative estimate of drug-likeness (QED) is 0.528. The lowest BCUT2D eigenvalue weighted by Gasteiger charge is -2.29. The van der Waals surface area contributed by atoms with Gasteiger partial charge in [0.05, 0.1) is 17.2 Å². The summed E-state index contributed by atoms with van der Waals surface area (Å²) < 4.78 is 0. The molecule has 0 atom stereocenters. The summed E-state index contributed by atoms with van der Waals surface area (Å²) in [6.45, 7) is 4.91. The first-order valence-electron chi connectivity index (χ1n) is 9.40. The van der Waals surface area contributed by atoms with E-state index in [1.165, 1.54) is 48.4 Å². The van der Waals surface area contributed by atoms with Crippen molar-refractivity contribution in [3.63, 3.8) is 0 Å². The summed E-state index contributed by atoms with van der Waals surface area (Å²) in [4.78, 5) is 41.2. The van der Waals surface area contributed by atoms with Crippen LogP contribution in [-0.4, -0.2) is 46.3 Å². The van der Waals surface area contributed by atoms with Gasteiger partial charge in [0, 0.05) is 29.6 Å². The highest BCUT2D eigenvalue weighted by Crippen LogP contribution is 2.21. The van der Waals surface area contributed by atoms with Gasteiger partial charge in [0.1, 0.15) is 0 Å². The van der Waals surface area contributed by atoms with Crippen molar-refractivity contribution < 1.29 is 14.5 Å². The minimum Gasteiger partial charge on any atom is -0.343 e. The highest BCUT2D eigenvalue weighted by Gasteiger charge is 2.17. The van der Waals surface area contributed by atoms with Crippen LogP contribution >= 0.6 is 11.3 Å². The smallest absolute Gasteiger partial charge is 0.270 e. The van der Waals surface area contributed by atoms with E-state index in [-0.39, 0.29) is 17.8 Å². The number of likely N-dealkylation sites (tertiary alicyclic amines) is 1. The van der Waals surface area contributed by atoms with Gasteiger partial charge in [-0.2, -0.15) is 0 Å². The van der Waals surface area contributed by atoms with Crippen LogP contribution in [0.25, 0.3) is 0 Å². The van der Waals surface area contributed by atoms with E-state index in [9.17, 15) is 19.7 Å². The molecule has 1 aromatic heterocycles. The fourth-order valence-electron chi connectivity index (χ4n) is 3.07. The first kappa shape index (κ1) is 20.9. The number of piperidine rings is 1. The maximum absolute atomic E-state index is 12.1. The number of amides is 2. The number of nitrogens with one attached hydrogen (secondary N) is 2. The summed E-state index contributed by atoms with van der Waals surface area (Å²) in [5.41, 5.74) is 0.862. The normalized spacial score (nSPS) is 15.1. The summed E-state index contributed by atoms with van der Waals surface area (Å²) in [7, 11) is 0. The van der Waals surface area contributed by atoms with Crippen LogP contribution in [0.2, 0.25) is 0 Å². The van der Waals surface area contributed by atoms with Gasteiger partial charge in [0.25, 0.3) is 11.6 Å². The van der Waals surface area contributed by atoms with Crippen molar-refractivity contribution in [1.82, 2.24) is 15.2 Å². The Labute approximate surface area is 172 Å². The Kier molecular flexibility index (Phi) is 6.89. The Morgan fingerprint density at radius 2 is 2.10 bits per heavy atom. The van der Waals surface area contributed by atoms with Crippen LogP contribution in [0.15, 0.2) is 29.6 Å². The van der Waals surface area contributed by atoms with Crippen LogP contribution < -0.4 is 10.6 Å². The molecule has 0 unspecified atom stereocenters. The van der Waals surface area contributed by atoms with E-state index in [0.29, 0.717) is 5.13 Å². The van der Waals surface area contributed by atoms with E-state index in [2.05, 4.69) is 27.4 Å². The number of nitro benzene ring substituents is 1. The minimum absolute atomic E-state index is 0.124. The molecular formula is C19H23N5O4S. The lowest BCUT2D eigenvalue weighted by atomic mass is 9.99. The van der Waals surface area contributed by atoms with Gasteiger partial charge in [-0.3, -0.25) is 24.6 Å². The molecule has 0 saturated carbocycles. The molecule has 2 amide bonds. The number of thiazole rings is 1. The topological polar surface area (TPSA) is 117 Å². The third-order valence-corrected chi connectivity index (χ3v) is 5.60. The predicted octanol–water partition coefficient (Wildman–Crippen LogP) is 2.65. The Morgan fingerprint density at radius 1 is 1.34 bits per heavy atom. The molecule has 9 nitrogen and oxygen atoms in total. The van der Waals surface area contributed by atoms with Crippen molar-refractivity contribution in [2.24, 2.45) is 5.92 Å². The molecule has 10 heteroatoms. The molecule has 0 radical (unpaired) electrons. The fraction of sp³-hybridized carbons (Fsp3) is 0.421. The van der Waals surface area contributed by atoms with Gasteiger partial charge < -0.3 is 10.6 Å². The lowest BCUT2D eigenvalue weighted by molar-refractivity contribution is -0.384. The lowest BCUT2D eigenvalue weighted by Crippen LogP contribution is -2.33. The van der Waals surface area contributed by atoms with Crippen LogP contribution in [-0.2, 0) is 11.3 Å². The maximum atomic E-state index is 12.1. The van der Waals surface area contributed by atoms with Crippen molar-refractivity contribution >= 4 is 34.0 Å². The summed E-state index contributed by atoms with van der Waals surface area (Å²) in [5, 5.41) is 18.3. The molecular weight excluding hydrogens is 394 g/mol. The average Bonchev–Trinajstić information content (AvgIpc) is 3.14. The number of hydrogen-bond donors (Lipinski definition) is 2. The Morgan fingerprint density at radius 3 is 2.83 bits per heavy atom. The van der Waals surface area contributed by atoms with Gasteiger partial charge in [-0.1, -0.05) is 13.0 Å². The van der Waals surface area contributed by atoms with Crippen LogP contribution in [0.5, 0.6) is 0 Å². The van der Waals surface area contributed by atoms with E-state index in [4.69, 9.17) is 0 Å². The predicted molar refractivity (Wildman–Crippen MR) is 110 cm³/mol. The van der Waals surface area contributed by atoms with E-state index in [1.54, 1.807) is 0 Å². The number of aromatic nitrogens is 1. The molecule has 3 rings (SSSR count). The molecule has 1 fully saturated rings. The zero-order valence-corrected chi connectivity index (χ0v) is 16.9. The van der Waals surface area contributed by atoms with Crippen LogP contribution in [0.1, 0.15) is 35.8 Å². The van der Waals surface area contributed by atoms with Crippen molar-refractivity contribution in [2.45, 2.75) is 26.3 Å². The van der Waals surface area contributed by atoms with E-state index in [0.717, 1.165) is 31.2 Å². The second-order valence-corrected chi connectivity index (χ2v) is 8.00. The second kappa shape index (κ2) is 9.57. The molecule has 1 aliphatic rings. The number of non-ortho nitro benzene ring substituents is 1. The Balaban J connectivity index is 1.46. The summed E-state index contributed by atoms with van der Waals surface area (Å²) in [5.74, 6) is -0.187. The Hall–Kier alpha value is -2.85. The molecule has 2 aromatic rings. The number of benzene rings is 1. The fourth-order valence-corrected chi connectivity index (χ4v) is 3.79. The maximum Gasteiger partial charge on any atom is 0.270 e. The minimum atomic E-state index is -0.575. The number of carbonyl (C=O) groups is 2. The first-order valence-corrected chi connectivity index (χ1v) is 10.3. The Bertz CT molecular complexity index is 892. The number of anilines is 1. The first-order chi connectivity index (χ1) is 13.9. The van der Waals surface area contributed by atoms with E-state index in [1.807, 2.05) is 5.38 Å². The highest BCUT2D eigenvalue weighted by atomic mass is 32.1. The van der Waals surface area contributed by atoms with Gasteiger partial charge in [-0.25, -0.2) is 4.98 Å². The molecule has 1 aliphatic heterocycles. The van der Waals surface area contributed by atoms with Crippen molar-refractivity contribution in [3.05, 3.63) is 51.0 Å². The highest BCUT2D eigenvalue weighted by molar-refractivity contribution is 7.13. The number of hydrogen-bond acceptors (Lipinski definition) is 7. The van der Waals surface area contributed by atoms with Crippen LogP contribution in [0, 0.1) is 16.0 Å². The molecule has 1 aromatic carbocycles. The van der Waals surface area contributed by atoms with Gasteiger partial charge >= 0.3 is 0 Å². The third kappa shape index (κ3) is 6.06. The summed E-state index contributed by atoms with van der Waals surface area (Å²) in [6.07, 6.45) is 2.38. The summed E-state index contributed by atoms with van der Waals surface area (Å²) >= 11 is 1.35. The molecule has 2 N–H and O–H groups in total. The van der Waals surface area contributed by atoms with Crippen molar-refractivity contribution in [3.8, 4) is 0 Å². The van der Waals surface area contributed by atoms with E-state index < -0.39 is 16.7 Å². The molecule has 0 aliphatic carbocycles.